The highest BCUT2D eigenvalue weighted by Crippen LogP contribution is 2.16. The van der Waals surface area contributed by atoms with Crippen LogP contribution in [0.5, 0.6) is 0 Å². The van der Waals surface area contributed by atoms with E-state index in [9.17, 15) is 9.59 Å². The van der Waals surface area contributed by atoms with Gasteiger partial charge in [-0.1, -0.05) is 251 Å². The first-order valence-electron chi connectivity index (χ1n) is 26.9. The van der Waals surface area contributed by atoms with E-state index < -0.39 is 6.10 Å². The summed E-state index contributed by atoms with van der Waals surface area (Å²) in [5.74, 6) is -0.388. The molecule has 0 heterocycles. The molecule has 0 aliphatic rings. The van der Waals surface area contributed by atoms with Crippen LogP contribution in [0.25, 0.3) is 0 Å². The first-order chi connectivity index (χ1) is 29.6. The summed E-state index contributed by atoms with van der Waals surface area (Å²) in [7, 11) is 0. The van der Waals surface area contributed by atoms with Crippen molar-refractivity contribution in [3.05, 3.63) is 24.3 Å². The number of rotatable bonds is 50. The van der Waals surface area contributed by atoms with Crippen molar-refractivity contribution in [3.63, 3.8) is 0 Å². The molecule has 0 fully saturated rings. The van der Waals surface area contributed by atoms with Crippen LogP contribution in [-0.2, 0) is 23.8 Å². The van der Waals surface area contributed by atoms with Gasteiger partial charge >= 0.3 is 11.9 Å². The third-order valence-electron chi connectivity index (χ3n) is 12.0. The normalized spacial score (nSPS) is 12.2. The third kappa shape index (κ3) is 49.0. The molecule has 1 atom stereocenters. The minimum absolute atomic E-state index is 0.0888. The summed E-state index contributed by atoms with van der Waals surface area (Å²) in [5, 5.41) is 0. The van der Waals surface area contributed by atoms with Gasteiger partial charge in [0.05, 0.1) is 6.61 Å². The van der Waals surface area contributed by atoms with E-state index >= 15 is 0 Å². The lowest BCUT2D eigenvalue weighted by Gasteiger charge is -2.18. The molecular weight excluding hydrogens is 741 g/mol. The summed E-state index contributed by atoms with van der Waals surface area (Å²) in [6, 6.07) is 0. The van der Waals surface area contributed by atoms with E-state index in [4.69, 9.17) is 14.2 Å². The van der Waals surface area contributed by atoms with Crippen LogP contribution in [0.3, 0.4) is 0 Å². The van der Waals surface area contributed by atoms with Crippen LogP contribution < -0.4 is 0 Å². The first-order valence-corrected chi connectivity index (χ1v) is 26.9. The van der Waals surface area contributed by atoms with E-state index in [-0.39, 0.29) is 18.5 Å². The number of hydrogen-bond acceptors (Lipinski definition) is 5. The first kappa shape index (κ1) is 58.4. The SMILES string of the molecule is CCCCC/C=C\C/C=C\CCCCCCCCCC(=O)OCC(COCCCCCCCCCCCCCCCCCC)OC(=O)CCCCCCCCCCCCC. The Kier molecular flexibility index (Phi) is 50.3. The highest BCUT2D eigenvalue weighted by molar-refractivity contribution is 5.70. The standard InChI is InChI=1S/C55H104O5/c1-4-7-10-13-16-19-22-24-26-28-29-31-34-36-39-42-45-48-54(56)59-52-53(60-55(57)49-46-43-40-37-33-21-18-15-12-9-6-3)51-58-50-47-44-41-38-35-32-30-27-25-23-20-17-14-11-8-5-2/h16,19,24,26,53H,4-15,17-18,20-23,25,27-52H2,1-3H3/b19-16-,26-24-. The molecule has 0 N–H and O–H groups in total. The Morgan fingerprint density at radius 2 is 0.700 bits per heavy atom. The third-order valence-corrected chi connectivity index (χ3v) is 12.0. The fourth-order valence-electron chi connectivity index (χ4n) is 7.95. The van der Waals surface area contributed by atoms with Gasteiger partial charge in [0.25, 0.3) is 0 Å². The molecule has 0 aliphatic carbocycles. The molecule has 0 rings (SSSR count). The van der Waals surface area contributed by atoms with Crippen molar-refractivity contribution in [3.8, 4) is 0 Å². The molecule has 60 heavy (non-hydrogen) atoms. The summed E-state index contributed by atoms with van der Waals surface area (Å²) in [6.45, 7) is 7.85. The second kappa shape index (κ2) is 51.7. The zero-order valence-corrected chi connectivity index (χ0v) is 40.7. The monoisotopic (exact) mass is 845 g/mol. The minimum atomic E-state index is -0.530. The summed E-state index contributed by atoms with van der Waals surface area (Å²) >= 11 is 0. The quantitative estimate of drug-likeness (QED) is 0.0347. The Hall–Kier alpha value is -1.62. The predicted octanol–water partition coefficient (Wildman–Crippen LogP) is 18.0. The van der Waals surface area contributed by atoms with Gasteiger partial charge in [-0.2, -0.15) is 0 Å². The molecule has 0 spiro atoms. The lowest BCUT2D eigenvalue weighted by atomic mass is 10.0. The van der Waals surface area contributed by atoms with Crippen molar-refractivity contribution in [2.45, 2.75) is 297 Å². The number of ether oxygens (including phenoxy) is 3. The molecule has 0 radical (unpaired) electrons. The molecule has 1 unspecified atom stereocenters. The number of carbonyl (C=O) groups excluding carboxylic acids is 2. The second-order valence-electron chi connectivity index (χ2n) is 18.1. The summed E-state index contributed by atoms with van der Waals surface area (Å²) in [5.41, 5.74) is 0. The van der Waals surface area contributed by atoms with Gasteiger partial charge in [0.15, 0.2) is 6.10 Å². The Morgan fingerprint density at radius 3 is 1.13 bits per heavy atom. The Labute approximate surface area is 375 Å². The number of hydrogen-bond donors (Lipinski definition) is 0. The van der Waals surface area contributed by atoms with E-state index in [1.54, 1.807) is 0 Å². The Balaban J connectivity index is 4.19. The number of allylic oxidation sites excluding steroid dienone is 4. The molecular formula is C55H104O5. The van der Waals surface area contributed by atoms with Gasteiger partial charge in [-0.15, -0.1) is 0 Å². The predicted molar refractivity (Wildman–Crippen MR) is 261 cm³/mol. The van der Waals surface area contributed by atoms with Crippen molar-refractivity contribution in [1.29, 1.82) is 0 Å². The van der Waals surface area contributed by atoms with Crippen LogP contribution in [0.15, 0.2) is 24.3 Å². The maximum Gasteiger partial charge on any atom is 0.306 e. The van der Waals surface area contributed by atoms with Crippen molar-refractivity contribution in [1.82, 2.24) is 0 Å². The van der Waals surface area contributed by atoms with Gasteiger partial charge in [0, 0.05) is 19.4 Å². The zero-order valence-electron chi connectivity index (χ0n) is 40.7. The van der Waals surface area contributed by atoms with Crippen LogP contribution in [-0.4, -0.2) is 37.9 Å². The topological polar surface area (TPSA) is 61.8 Å². The lowest BCUT2D eigenvalue weighted by Crippen LogP contribution is -2.30. The molecule has 0 aromatic rings. The minimum Gasteiger partial charge on any atom is -0.462 e. The number of carbonyl (C=O) groups is 2. The molecule has 0 aliphatic heterocycles. The maximum absolute atomic E-state index is 12.8. The fraction of sp³-hybridized carbons (Fsp3) is 0.891. The lowest BCUT2D eigenvalue weighted by molar-refractivity contribution is -0.163. The van der Waals surface area contributed by atoms with Gasteiger partial charge < -0.3 is 14.2 Å². The van der Waals surface area contributed by atoms with Gasteiger partial charge in [-0.25, -0.2) is 0 Å². The van der Waals surface area contributed by atoms with Crippen LogP contribution in [0.4, 0.5) is 0 Å². The molecule has 5 nitrogen and oxygen atoms in total. The summed E-state index contributed by atoms with van der Waals surface area (Å²) in [6.07, 6.45) is 60.4. The maximum atomic E-state index is 12.8. The van der Waals surface area contributed by atoms with Crippen LogP contribution >= 0.6 is 0 Å². The van der Waals surface area contributed by atoms with E-state index in [0.29, 0.717) is 26.1 Å². The molecule has 0 amide bonds. The second-order valence-corrected chi connectivity index (χ2v) is 18.1. The molecule has 5 heteroatoms. The van der Waals surface area contributed by atoms with Gasteiger partial charge in [0.1, 0.15) is 6.61 Å². The average molecular weight is 845 g/mol. The van der Waals surface area contributed by atoms with Crippen molar-refractivity contribution >= 4 is 11.9 Å². The van der Waals surface area contributed by atoms with Crippen LogP contribution in [0.1, 0.15) is 290 Å². The average Bonchev–Trinajstić information content (AvgIpc) is 3.25. The van der Waals surface area contributed by atoms with E-state index in [2.05, 4.69) is 45.1 Å². The van der Waals surface area contributed by atoms with E-state index in [1.165, 1.54) is 218 Å². The van der Waals surface area contributed by atoms with Crippen molar-refractivity contribution in [2.75, 3.05) is 19.8 Å². The summed E-state index contributed by atoms with van der Waals surface area (Å²) in [4.78, 5) is 25.4. The molecule has 354 valence electrons. The van der Waals surface area contributed by atoms with E-state index in [1.807, 2.05) is 0 Å². The number of unbranched alkanes of at least 4 members (excludes halogenated alkanes) is 35. The zero-order chi connectivity index (χ0) is 43.5. The Morgan fingerprint density at radius 1 is 0.367 bits per heavy atom. The highest BCUT2D eigenvalue weighted by Gasteiger charge is 2.17. The molecule has 0 saturated heterocycles. The fourth-order valence-corrected chi connectivity index (χ4v) is 7.95. The largest absolute Gasteiger partial charge is 0.462 e. The van der Waals surface area contributed by atoms with Crippen molar-refractivity contribution < 1.29 is 23.8 Å². The van der Waals surface area contributed by atoms with Crippen LogP contribution in [0, 0.1) is 0 Å². The summed E-state index contributed by atoms with van der Waals surface area (Å²) < 4.78 is 17.4. The van der Waals surface area contributed by atoms with Crippen molar-refractivity contribution in [2.24, 2.45) is 0 Å². The number of esters is 2. The molecule has 0 saturated carbocycles. The van der Waals surface area contributed by atoms with Crippen LogP contribution in [0.2, 0.25) is 0 Å². The van der Waals surface area contributed by atoms with Gasteiger partial charge in [-0.3, -0.25) is 9.59 Å². The smallest absolute Gasteiger partial charge is 0.306 e. The van der Waals surface area contributed by atoms with E-state index in [0.717, 1.165) is 38.5 Å². The van der Waals surface area contributed by atoms with Gasteiger partial charge in [-0.05, 0) is 51.4 Å². The molecule has 0 bridgehead atoms. The molecule has 0 aromatic heterocycles. The molecule has 0 aromatic carbocycles. The van der Waals surface area contributed by atoms with Gasteiger partial charge in [0.2, 0.25) is 0 Å². The highest BCUT2D eigenvalue weighted by atomic mass is 16.6. The Bertz CT molecular complexity index is 913.